The third kappa shape index (κ3) is 2.16. The van der Waals surface area contributed by atoms with Crippen LogP contribution in [0.4, 0.5) is 0 Å². The van der Waals surface area contributed by atoms with Crippen molar-refractivity contribution in [3.8, 4) is 0 Å². The van der Waals surface area contributed by atoms with E-state index in [4.69, 9.17) is 4.74 Å². The van der Waals surface area contributed by atoms with Gasteiger partial charge in [-0.2, -0.15) is 0 Å². The van der Waals surface area contributed by atoms with E-state index in [1.165, 1.54) is 0 Å². The van der Waals surface area contributed by atoms with Crippen molar-refractivity contribution in [1.29, 1.82) is 0 Å². The first kappa shape index (κ1) is 8.91. The van der Waals surface area contributed by atoms with Crippen molar-refractivity contribution in [2.45, 2.75) is 13.8 Å². The van der Waals surface area contributed by atoms with Gasteiger partial charge >= 0.3 is 0 Å². The van der Waals surface area contributed by atoms with Crippen LogP contribution < -0.4 is 5.32 Å². The van der Waals surface area contributed by atoms with E-state index in [-0.39, 0.29) is 0 Å². The molecule has 0 atom stereocenters. The molecule has 1 aliphatic rings. The Hall–Kier alpha value is -1.18. The second-order valence-electron chi connectivity index (χ2n) is 2.74. The summed E-state index contributed by atoms with van der Waals surface area (Å²) < 4.78 is 5.17. The summed E-state index contributed by atoms with van der Waals surface area (Å²) in [5, 5.41) is 3.15. The SMILES string of the molecule is CO/C1=C(C)/C=C\[CH]/C=C(/C)N1. The predicted molar refractivity (Wildman–Crippen MR) is 50.0 cm³/mol. The number of ether oxygens (including phenoxy) is 1. The quantitative estimate of drug-likeness (QED) is 0.641. The number of allylic oxidation sites excluding steroid dienone is 5. The number of nitrogens with one attached hydrogen (secondary N) is 1. The Labute approximate surface area is 73.6 Å². The fourth-order valence-electron chi connectivity index (χ4n) is 1.01. The maximum atomic E-state index is 5.17. The van der Waals surface area contributed by atoms with E-state index < -0.39 is 0 Å². The molecule has 1 rings (SSSR count). The lowest BCUT2D eigenvalue weighted by Gasteiger charge is -2.13. The third-order valence-corrected chi connectivity index (χ3v) is 1.68. The van der Waals surface area contributed by atoms with Crippen LogP contribution in [0.1, 0.15) is 13.8 Å². The molecule has 0 spiro atoms. The Morgan fingerprint density at radius 3 is 2.75 bits per heavy atom. The zero-order chi connectivity index (χ0) is 8.97. The first-order valence-corrected chi connectivity index (χ1v) is 3.94. The van der Waals surface area contributed by atoms with Gasteiger partial charge < -0.3 is 10.1 Å². The minimum Gasteiger partial charge on any atom is -0.482 e. The Morgan fingerprint density at radius 1 is 1.33 bits per heavy atom. The lowest BCUT2D eigenvalue weighted by molar-refractivity contribution is 0.265. The summed E-state index contributed by atoms with van der Waals surface area (Å²) in [7, 11) is 1.66. The van der Waals surface area contributed by atoms with Crippen LogP contribution in [-0.2, 0) is 4.74 Å². The number of rotatable bonds is 1. The first-order chi connectivity index (χ1) is 5.74. The topological polar surface area (TPSA) is 21.3 Å². The second-order valence-corrected chi connectivity index (χ2v) is 2.74. The van der Waals surface area contributed by atoms with Crippen molar-refractivity contribution in [3.63, 3.8) is 0 Å². The molecule has 1 radical (unpaired) electrons. The summed E-state index contributed by atoms with van der Waals surface area (Å²) in [6.07, 6.45) is 8.01. The fraction of sp³-hybridized carbons (Fsp3) is 0.300. The predicted octanol–water partition coefficient (Wildman–Crippen LogP) is 2.13. The Kier molecular flexibility index (Phi) is 2.97. The lowest BCUT2D eigenvalue weighted by atomic mass is 10.2. The van der Waals surface area contributed by atoms with Crippen LogP contribution in [0.15, 0.2) is 35.4 Å². The summed E-state index contributed by atoms with van der Waals surface area (Å²) >= 11 is 0. The van der Waals surface area contributed by atoms with Crippen molar-refractivity contribution in [3.05, 3.63) is 41.8 Å². The molecular weight excluding hydrogens is 150 g/mol. The van der Waals surface area contributed by atoms with Crippen LogP contribution in [0.5, 0.6) is 0 Å². The van der Waals surface area contributed by atoms with E-state index >= 15 is 0 Å². The van der Waals surface area contributed by atoms with Crippen molar-refractivity contribution < 1.29 is 4.74 Å². The Morgan fingerprint density at radius 2 is 2.08 bits per heavy atom. The monoisotopic (exact) mass is 164 g/mol. The highest BCUT2D eigenvalue weighted by Gasteiger charge is 2.01. The van der Waals surface area contributed by atoms with Crippen molar-refractivity contribution >= 4 is 0 Å². The van der Waals surface area contributed by atoms with Gasteiger partial charge in [-0.15, -0.1) is 0 Å². The molecule has 2 heteroatoms. The maximum absolute atomic E-state index is 5.17. The molecule has 0 saturated heterocycles. The molecule has 2 nitrogen and oxygen atoms in total. The van der Waals surface area contributed by atoms with Gasteiger partial charge in [0.1, 0.15) is 0 Å². The molecule has 0 aliphatic carbocycles. The lowest BCUT2D eigenvalue weighted by Crippen LogP contribution is -2.14. The zero-order valence-corrected chi connectivity index (χ0v) is 7.72. The molecule has 1 aliphatic heterocycles. The average Bonchev–Trinajstić information content (AvgIpc) is 2.05. The van der Waals surface area contributed by atoms with Gasteiger partial charge in [0.2, 0.25) is 0 Å². The molecule has 0 unspecified atom stereocenters. The molecule has 1 heterocycles. The Balaban J connectivity index is 2.90. The van der Waals surface area contributed by atoms with Gasteiger partial charge in [-0.25, -0.2) is 0 Å². The average molecular weight is 164 g/mol. The van der Waals surface area contributed by atoms with Crippen molar-refractivity contribution in [2.24, 2.45) is 0 Å². The molecule has 0 saturated carbocycles. The number of methoxy groups -OCH3 is 1. The van der Waals surface area contributed by atoms with Crippen LogP contribution in [0.3, 0.4) is 0 Å². The van der Waals surface area contributed by atoms with Gasteiger partial charge in [0.05, 0.1) is 7.11 Å². The minimum absolute atomic E-state index is 0.813. The highest BCUT2D eigenvalue weighted by atomic mass is 16.5. The molecule has 0 aromatic rings. The molecule has 0 amide bonds. The van der Waals surface area contributed by atoms with Crippen LogP contribution in [0, 0.1) is 6.42 Å². The van der Waals surface area contributed by atoms with E-state index in [2.05, 4.69) is 5.32 Å². The van der Waals surface area contributed by atoms with Gasteiger partial charge in [-0.1, -0.05) is 18.2 Å². The van der Waals surface area contributed by atoms with Gasteiger partial charge in [0.15, 0.2) is 5.88 Å². The molecular formula is C10H14NO. The van der Waals surface area contributed by atoms with E-state index in [9.17, 15) is 0 Å². The molecule has 65 valence electrons. The molecule has 0 aromatic carbocycles. The van der Waals surface area contributed by atoms with Crippen molar-refractivity contribution in [2.75, 3.05) is 7.11 Å². The van der Waals surface area contributed by atoms with Crippen LogP contribution in [-0.4, -0.2) is 7.11 Å². The summed E-state index contributed by atoms with van der Waals surface area (Å²) in [6, 6.07) is 0. The first-order valence-electron chi connectivity index (χ1n) is 3.94. The summed E-state index contributed by atoms with van der Waals surface area (Å²) in [5.74, 6) is 0.813. The van der Waals surface area contributed by atoms with Crippen LogP contribution in [0.2, 0.25) is 0 Å². The summed E-state index contributed by atoms with van der Waals surface area (Å²) in [6.45, 7) is 4.01. The molecule has 0 aromatic heterocycles. The summed E-state index contributed by atoms with van der Waals surface area (Å²) in [5.41, 5.74) is 2.18. The van der Waals surface area contributed by atoms with Gasteiger partial charge in [-0.3, -0.25) is 0 Å². The standard InChI is InChI=1S/C10H14NO/c1-8-6-4-5-7-9(2)11-10(8)12-3/h4-7,11H,1-3H3/b6-4-,9-7-,10-8+. The van der Waals surface area contributed by atoms with Crippen LogP contribution in [0.25, 0.3) is 0 Å². The molecule has 1 N–H and O–H groups in total. The molecule has 12 heavy (non-hydrogen) atoms. The third-order valence-electron chi connectivity index (χ3n) is 1.68. The van der Waals surface area contributed by atoms with E-state index in [0.29, 0.717) is 0 Å². The van der Waals surface area contributed by atoms with Gasteiger partial charge in [0.25, 0.3) is 0 Å². The van der Waals surface area contributed by atoms with Crippen molar-refractivity contribution in [1.82, 2.24) is 5.32 Å². The molecule has 0 bridgehead atoms. The largest absolute Gasteiger partial charge is 0.482 e. The number of hydrogen-bond acceptors (Lipinski definition) is 2. The Bertz CT molecular complexity index is 249. The molecule has 0 fully saturated rings. The van der Waals surface area contributed by atoms with E-state index in [1.807, 2.05) is 38.5 Å². The van der Waals surface area contributed by atoms with E-state index in [0.717, 1.165) is 17.2 Å². The fourth-order valence-corrected chi connectivity index (χ4v) is 1.01. The summed E-state index contributed by atoms with van der Waals surface area (Å²) in [4.78, 5) is 0. The minimum atomic E-state index is 0.813. The highest BCUT2D eigenvalue weighted by molar-refractivity contribution is 5.28. The van der Waals surface area contributed by atoms with Crippen LogP contribution >= 0.6 is 0 Å². The zero-order valence-electron chi connectivity index (χ0n) is 7.72. The maximum Gasteiger partial charge on any atom is 0.193 e. The van der Waals surface area contributed by atoms with Gasteiger partial charge in [-0.05, 0) is 13.8 Å². The normalized spacial score (nSPS) is 30.8. The number of hydrogen-bond donors (Lipinski definition) is 1. The second kappa shape index (κ2) is 4.00. The van der Waals surface area contributed by atoms with Gasteiger partial charge in [0, 0.05) is 17.7 Å². The van der Waals surface area contributed by atoms with E-state index in [1.54, 1.807) is 7.11 Å². The smallest absolute Gasteiger partial charge is 0.193 e. The highest BCUT2D eigenvalue weighted by Crippen LogP contribution is 2.09.